The molecule has 0 fully saturated rings. The fraction of sp³-hybridized carbons (Fsp3) is 0.254. The summed E-state index contributed by atoms with van der Waals surface area (Å²) in [5, 5.41) is 40.3. The number of pyridine rings is 2. The van der Waals surface area contributed by atoms with E-state index in [4.69, 9.17) is 71.1 Å². The fourth-order valence-electron chi connectivity index (χ4n) is 10.5. The number of rotatable bonds is 9. The molecule has 4 aromatic heterocycles. The molecule has 1 amide bonds. The number of carbonyl (C=O) groups is 2. The third-order valence-electron chi connectivity index (χ3n) is 14.9. The molecule has 0 spiro atoms. The van der Waals surface area contributed by atoms with Crippen LogP contribution in [-0.2, 0) is 54.5 Å². The minimum Gasteiger partial charge on any atom is -0.478 e. The SMILES string of the molecule is C.CC1(C)OB(O)c2ccc(CN)cc21.CC1(C)OB(O)c2ccc(CNC(=O)c3ccc(C4=NOC(C)(c5cc(Cl)c(F)c(Cl)c5)C4)n4cccc34)cc21.CC1(c2cc(Cl)c(F)c(Cl)c2)CC(c2ccc(C(=O)O)c3cccn23)=NO1.Cl. The Hall–Kier alpha value is -6.48. The second kappa shape index (κ2) is 23.9. The zero-order valence-corrected chi connectivity index (χ0v) is 48.7. The lowest BCUT2D eigenvalue weighted by atomic mass is 9.78. The number of carbonyl (C=O) groups excluding carboxylic acids is 1. The summed E-state index contributed by atoms with van der Waals surface area (Å²) < 4.78 is 42.4. The topological polar surface area (TPSA) is 203 Å². The van der Waals surface area contributed by atoms with E-state index in [-0.39, 0.29) is 51.4 Å². The first-order chi connectivity index (χ1) is 38.3. The number of amides is 1. The first kappa shape index (κ1) is 62.6. The molecule has 4 aliphatic heterocycles. The van der Waals surface area contributed by atoms with Gasteiger partial charge in [-0.05, 0) is 148 Å². The van der Waals surface area contributed by atoms with E-state index in [0.717, 1.165) is 38.9 Å². The van der Waals surface area contributed by atoms with Gasteiger partial charge < -0.3 is 54.0 Å². The molecule has 4 aliphatic rings. The van der Waals surface area contributed by atoms with Gasteiger partial charge in [0, 0.05) is 49.5 Å². The van der Waals surface area contributed by atoms with Gasteiger partial charge in [-0.25, -0.2) is 13.6 Å². The highest BCUT2D eigenvalue weighted by atomic mass is 35.5. The van der Waals surface area contributed by atoms with Crippen LogP contribution in [0.2, 0.25) is 20.1 Å². The molecule has 83 heavy (non-hydrogen) atoms. The van der Waals surface area contributed by atoms with Gasteiger partial charge in [0.2, 0.25) is 0 Å². The number of nitrogens with zero attached hydrogens (tertiary/aromatic N) is 4. The van der Waals surface area contributed by atoms with E-state index >= 15 is 0 Å². The Labute approximate surface area is 504 Å². The van der Waals surface area contributed by atoms with Crippen LogP contribution in [0.1, 0.15) is 127 Å². The van der Waals surface area contributed by atoms with Crippen molar-refractivity contribution in [2.24, 2.45) is 16.0 Å². The van der Waals surface area contributed by atoms with Gasteiger partial charge in [-0.15, -0.1) is 12.4 Å². The lowest BCUT2D eigenvalue weighted by molar-refractivity contribution is -0.00760. The Bertz CT molecular complexity index is 3890. The molecule has 0 radical (unpaired) electrons. The number of benzene rings is 4. The molecule has 8 aromatic rings. The number of hydrogen-bond acceptors (Lipinski definition) is 11. The molecule has 0 saturated heterocycles. The predicted molar refractivity (Wildman–Crippen MR) is 323 cm³/mol. The van der Waals surface area contributed by atoms with Crippen molar-refractivity contribution in [2.45, 2.75) is 97.3 Å². The average Bonchev–Trinajstić information content (AvgIpc) is 4.34. The van der Waals surface area contributed by atoms with E-state index in [1.165, 1.54) is 30.3 Å². The Kier molecular flexibility index (Phi) is 18.0. The van der Waals surface area contributed by atoms with Crippen LogP contribution in [0.25, 0.3) is 11.0 Å². The summed E-state index contributed by atoms with van der Waals surface area (Å²) in [6.07, 6.45) is 4.39. The molecule has 24 heteroatoms. The normalized spacial score (nSPS) is 18.7. The maximum Gasteiger partial charge on any atom is 0.492 e. The van der Waals surface area contributed by atoms with Crippen LogP contribution in [-0.4, -0.2) is 61.5 Å². The summed E-state index contributed by atoms with van der Waals surface area (Å²) in [5.74, 6) is -2.58. The first-order valence-corrected chi connectivity index (χ1v) is 27.0. The number of oxime groups is 2. The molecule has 0 bridgehead atoms. The van der Waals surface area contributed by atoms with Crippen molar-refractivity contribution in [3.8, 4) is 0 Å². The van der Waals surface area contributed by atoms with Crippen molar-refractivity contribution in [2.75, 3.05) is 0 Å². The molecule has 2 unspecified atom stereocenters. The molecule has 6 N–H and O–H groups in total. The van der Waals surface area contributed by atoms with Crippen LogP contribution < -0.4 is 22.0 Å². The number of halogens is 7. The lowest BCUT2D eigenvalue weighted by Gasteiger charge is -2.22. The zero-order chi connectivity index (χ0) is 58.1. The zero-order valence-electron chi connectivity index (χ0n) is 44.9. The number of aromatic nitrogens is 2. The quantitative estimate of drug-likeness (QED) is 0.0683. The summed E-state index contributed by atoms with van der Waals surface area (Å²) in [4.78, 5) is 36.1. The highest BCUT2D eigenvalue weighted by Crippen LogP contribution is 2.42. The molecule has 432 valence electrons. The van der Waals surface area contributed by atoms with Crippen LogP contribution in [0.4, 0.5) is 8.78 Å². The van der Waals surface area contributed by atoms with Gasteiger partial charge >= 0.3 is 20.2 Å². The van der Waals surface area contributed by atoms with Gasteiger partial charge in [-0.3, -0.25) is 4.79 Å². The van der Waals surface area contributed by atoms with E-state index in [2.05, 4.69) is 15.6 Å². The van der Waals surface area contributed by atoms with Crippen molar-refractivity contribution in [1.82, 2.24) is 14.1 Å². The highest BCUT2D eigenvalue weighted by Gasteiger charge is 2.43. The molecular formula is C59H57B2Cl5F2N6O9. The fourth-order valence-corrected chi connectivity index (χ4v) is 11.5. The summed E-state index contributed by atoms with van der Waals surface area (Å²) in [5.41, 5.74) is 14.2. The van der Waals surface area contributed by atoms with E-state index in [9.17, 15) is 33.5 Å². The van der Waals surface area contributed by atoms with Gasteiger partial charge in [-0.2, -0.15) is 0 Å². The molecule has 0 saturated carbocycles. The Morgan fingerprint density at radius 2 is 1.05 bits per heavy atom. The molecular weight excluding hydrogens is 1170 g/mol. The van der Waals surface area contributed by atoms with E-state index in [1.807, 2.05) is 107 Å². The van der Waals surface area contributed by atoms with E-state index in [1.54, 1.807) is 34.9 Å². The summed E-state index contributed by atoms with van der Waals surface area (Å²) in [6.45, 7) is 12.2. The van der Waals surface area contributed by atoms with Gasteiger partial charge in [0.1, 0.15) is 11.4 Å². The van der Waals surface area contributed by atoms with Crippen LogP contribution in [0.15, 0.2) is 132 Å². The highest BCUT2D eigenvalue weighted by molar-refractivity contribution is 6.62. The van der Waals surface area contributed by atoms with Crippen molar-refractivity contribution in [3.05, 3.63) is 209 Å². The van der Waals surface area contributed by atoms with E-state index < -0.39 is 54.2 Å². The van der Waals surface area contributed by atoms with Gasteiger partial charge in [-0.1, -0.05) is 101 Å². The maximum atomic E-state index is 14.0. The number of nitrogens with one attached hydrogen (secondary N) is 1. The lowest BCUT2D eigenvalue weighted by Crippen LogP contribution is -2.29. The van der Waals surface area contributed by atoms with Crippen LogP contribution in [0.3, 0.4) is 0 Å². The third-order valence-corrected chi connectivity index (χ3v) is 16.0. The molecule has 8 heterocycles. The van der Waals surface area contributed by atoms with Crippen molar-refractivity contribution < 1.29 is 52.5 Å². The smallest absolute Gasteiger partial charge is 0.478 e. The Balaban J connectivity index is 0.000000180. The molecule has 15 nitrogen and oxygen atoms in total. The standard InChI is InChI=1S/C29H25BCl2FN3O4.C19H13Cl2FN2O3.C10H14BNO2.CH4.ClH/c1-28(2)19-11-16(6-8-20(19)30(38)39-28)15-34-27(37)18-7-9-25(36-10-4-5-24(18)36)23-14-29(3,40-35-23)17-12-21(31)26(33)22(32)13-17;1-19(10-7-12(20)17(22)13(21)8-10)9-14(23-27-19)16-5-4-11(18(25)26)15-3-2-6-24(15)16;1-10(2)8-5-7(6-12)3-4-9(8)11(13)14-10;;/h4-13,38H,14-15H2,1-3H3,(H,34,37);2-8H,9H2,1H3,(H,25,26);3-5,13H,6,12H2,1-2H3;1H4;1H. The van der Waals surface area contributed by atoms with Crippen molar-refractivity contribution >= 4 is 118 Å². The summed E-state index contributed by atoms with van der Waals surface area (Å²) in [7, 11) is -1.75. The monoisotopic (exact) mass is 1230 g/mol. The average molecular weight is 1230 g/mol. The third kappa shape index (κ3) is 12.0. The maximum absolute atomic E-state index is 14.0. The molecule has 2 atom stereocenters. The van der Waals surface area contributed by atoms with Crippen molar-refractivity contribution in [1.29, 1.82) is 0 Å². The van der Waals surface area contributed by atoms with Crippen molar-refractivity contribution in [3.63, 3.8) is 0 Å². The predicted octanol–water partition coefficient (Wildman–Crippen LogP) is 11.6. The first-order valence-electron chi connectivity index (χ1n) is 25.5. The number of hydrogen-bond donors (Lipinski definition) is 5. The Morgan fingerprint density at radius 1 is 0.639 bits per heavy atom. The second-order valence-electron chi connectivity index (χ2n) is 21.4. The molecule has 0 aliphatic carbocycles. The van der Waals surface area contributed by atoms with Crippen LogP contribution in [0, 0.1) is 11.6 Å². The summed E-state index contributed by atoms with van der Waals surface area (Å²) >= 11 is 23.9. The van der Waals surface area contributed by atoms with Crippen LogP contribution >= 0.6 is 58.8 Å². The number of fused-ring (bicyclic) bond motifs is 4. The van der Waals surface area contributed by atoms with Gasteiger partial charge in [0.05, 0.1) is 64.8 Å². The van der Waals surface area contributed by atoms with Gasteiger partial charge in [0.25, 0.3) is 5.91 Å². The molecule has 12 rings (SSSR count). The number of carboxylic acid groups (broad SMARTS) is 1. The Morgan fingerprint density at radius 3 is 1.48 bits per heavy atom. The van der Waals surface area contributed by atoms with E-state index in [0.29, 0.717) is 70.8 Å². The molecule has 4 aromatic carbocycles. The minimum absolute atomic E-state index is 0. The summed E-state index contributed by atoms with van der Waals surface area (Å²) in [6, 6.07) is 31.5. The van der Waals surface area contributed by atoms with Gasteiger partial charge in [0.15, 0.2) is 22.8 Å². The number of nitrogens with two attached hydrogens (primary N) is 1. The number of carboxylic acids is 1. The second-order valence-corrected chi connectivity index (χ2v) is 23.0. The largest absolute Gasteiger partial charge is 0.492 e. The number of aromatic carboxylic acids is 1. The minimum atomic E-state index is -1.00. The van der Waals surface area contributed by atoms with Crippen LogP contribution in [0.5, 0.6) is 0 Å².